The maximum atomic E-state index is 12.5. The van der Waals surface area contributed by atoms with Crippen LogP contribution in [0, 0.1) is 0 Å². The van der Waals surface area contributed by atoms with Crippen LogP contribution in [0.25, 0.3) is 0 Å². The van der Waals surface area contributed by atoms with Crippen LogP contribution in [-0.4, -0.2) is 52.0 Å². The van der Waals surface area contributed by atoms with Crippen molar-refractivity contribution in [2.45, 2.75) is 57.6 Å². The summed E-state index contributed by atoms with van der Waals surface area (Å²) in [6, 6.07) is 3.68. The Balaban J connectivity index is 1.78. The summed E-state index contributed by atoms with van der Waals surface area (Å²) in [6.07, 6.45) is 3.94. The van der Waals surface area contributed by atoms with Gasteiger partial charge in [-0.1, -0.05) is 11.6 Å². The Morgan fingerprint density at radius 3 is 2.54 bits per heavy atom. The highest BCUT2D eigenvalue weighted by molar-refractivity contribution is 6.29. The third kappa shape index (κ3) is 3.58. The van der Waals surface area contributed by atoms with Gasteiger partial charge in [0.1, 0.15) is 5.60 Å². The molecule has 1 aromatic rings. The van der Waals surface area contributed by atoms with Crippen molar-refractivity contribution in [3.05, 3.63) is 17.3 Å². The summed E-state index contributed by atoms with van der Waals surface area (Å²) >= 11 is 5.86. The molecule has 2 fully saturated rings. The SMILES string of the molecule is CC(C)(C)OC(=O)N1CCCC2(CCCN2c2ccc(Cl)nn2)C1. The van der Waals surface area contributed by atoms with Gasteiger partial charge in [0, 0.05) is 19.6 Å². The molecule has 1 unspecified atom stereocenters. The molecule has 0 radical (unpaired) electrons. The lowest BCUT2D eigenvalue weighted by Gasteiger charge is -2.46. The highest BCUT2D eigenvalue weighted by atomic mass is 35.5. The van der Waals surface area contributed by atoms with Crippen molar-refractivity contribution in [3.63, 3.8) is 0 Å². The molecule has 0 saturated carbocycles. The Labute approximate surface area is 148 Å². The van der Waals surface area contributed by atoms with Crippen molar-refractivity contribution in [1.82, 2.24) is 15.1 Å². The zero-order valence-corrected chi connectivity index (χ0v) is 15.3. The molecule has 3 heterocycles. The predicted molar refractivity (Wildman–Crippen MR) is 93.4 cm³/mol. The minimum atomic E-state index is -0.474. The lowest BCUT2D eigenvalue weighted by Crippen LogP contribution is -2.57. The van der Waals surface area contributed by atoms with Crippen LogP contribution in [0.15, 0.2) is 12.1 Å². The second-order valence-electron chi connectivity index (χ2n) is 7.70. The van der Waals surface area contributed by atoms with Crippen molar-refractivity contribution < 1.29 is 9.53 Å². The van der Waals surface area contributed by atoms with Gasteiger partial charge in [0.2, 0.25) is 0 Å². The molecule has 6 nitrogen and oxygen atoms in total. The number of hydrogen-bond acceptors (Lipinski definition) is 5. The molecule has 0 aliphatic carbocycles. The average molecular weight is 353 g/mol. The normalized spacial score (nSPS) is 24.5. The number of carbonyl (C=O) groups is 1. The zero-order valence-electron chi connectivity index (χ0n) is 14.6. The fraction of sp³-hybridized carbons (Fsp3) is 0.706. The van der Waals surface area contributed by atoms with Crippen molar-refractivity contribution in [2.75, 3.05) is 24.5 Å². The standard InChI is InChI=1S/C17H25ClN4O2/c1-16(2,3)24-15(23)21-10-4-8-17(12-21)9-5-11-22(17)14-7-6-13(18)19-20-14/h6-7H,4-5,8-12H2,1-3H3. The summed E-state index contributed by atoms with van der Waals surface area (Å²) in [6.45, 7) is 8.04. The summed E-state index contributed by atoms with van der Waals surface area (Å²) in [4.78, 5) is 16.6. The van der Waals surface area contributed by atoms with E-state index >= 15 is 0 Å². The van der Waals surface area contributed by atoms with Gasteiger partial charge in [-0.3, -0.25) is 0 Å². The van der Waals surface area contributed by atoms with Gasteiger partial charge in [-0.15, -0.1) is 10.2 Å². The van der Waals surface area contributed by atoms with Gasteiger partial charge in [0.15, 0.2) is 11.0 Å². The summed E-state index contributed by atoms with van der Waals surface area (Å²) in [5.74, 6) is 0.836. The van der Waals surface area contributed by atoms with Crippen molar-refractivity contribution in [1.29, 1.82) is 0 Å². The number of ether oxygens (including phenoxy) is 1. The van der Waals surface area contributed by atoms with E-state index < -0.39 is 5.60 Å². The van der Waals surface area contributed by atoms with Gasteiger partial charge < -0.3 is 14.5 Å². The molecule has 0 bridgehead atoms. The Morgan fingerprint density at radius 2 is 1.92 bits per heavy atom. The van der Waals surface area contributed by atoms with E-state index in [9.17, 15) is 4.79 Å². The highest BCUT2D eigenvalue weighted by Gasteiger charge is 2.46. The molecular formula is C17H25ClN4O2. The fourth-order valence-electron chi connectivity index (χ4n) is 3.77. The van der Waals surface area contributed by atoms with Crippen LogP contribution in [-0.2, 0) is 4.74 Å². The molecule has 1 aromatic heterocycles. The molecule has 132 valence electrons. The van der Waals surface area contributed by atoms with Gasteiger partial charge in [-0.25, -0.2) is 4.79 Å². The number of piperidine rings is 1. The lowest BCUT2D eigenvalue weighted by molar-refractivity contribution is 0.0143. The third-order valence-corrected chi connectivity index (χ3v) is 4.90. The molecule has 0 N–H and O–H groups in total. The summed E-state index contributed by atoms with van der Waals surface area (Å²) in [5.41, 5.74) is -0.545. The quantitative estimate of drug-likeness (QED) is 0.774. The van der Waals surface area contributed by atoms with E-state index in [1.54, 1.807) is 6.07 Å². The number of carbonyl (C=O) groups excluding carboxylic acids is 1. The van der Waals surface area contributed by atoms with Gasteiger partial charge in [0.05, 0.1) is 5.54 Å². The van der Waals surface area contributed by atoms with Crippen LogP contribution in [0.2, 0.25) is 5.15 Å². The van der Waals surface area contributed by atoms with E-state index in [-0.39, 0.29) is 11.6 Å². The summed E-state index contributed by atoms with van der Waals surface area (Å²) in [7, 11) is 0. The van der Waals surface area contributed by atoms with Crippen molar-refractivity contribution in [2.24, 2.45) is 0 Å². The number of anilines is 1. The second kappa shape index (κ2) is 6.39. The highest BCUT2D eigenvalue weighted by Crippen LogP contribution is 2.39. The minimum absolute atomic E-state index is 0.0718. The van der Waals surface area contributed by atoms with E-state index in [1.165, 1.54) is 0 Å². The molecule has 2 aliphatic rings. The van der Waals surface area contributed by atoms with E-state index in [0.717, 1.165) is 44.6 Å². The number of likely N-dealkylation sites (tertiary alicyclic amines) is 1. The molecule has 0 aromatic carbocycles. The van der Waals surface area contributed by atoms with E-state index in [1.807, 2.05) is 31.7 Å². The van der Waals surface area contributed by atoms with Crippen molar-refractivity contribution >= 4 is 23.5 Å². The van der Waals surface area contributed by atoms with E-state index in [0.29, 0.717) is 11.7 Å². The smallest absolute Gasteiger partial charge is 0.410 e. The van der Waals surface area contributed by atoms with Crippen molar-refractivity contribution in [3.8, 4) is 0 Å². The average Bonchev–Trinajstić information content (AvgIpc) is 2.89. The molecule has 7 heteroatoms. The third-order valence-electron chi connectivity index (χ3n) is 4.70. The molecule has 1 spiro atoms. The van der Waals surface area contributed by atoms with Crippen LogP contribution >= 0.6 is 11.6 Å². The number of nitrogens with zero attached hydrogens (tertiary/aromatic N) is 4. The summed E-state index contributed by atoms with van der Waals surface area (Å²) in [5, 5.41) is 8.62. The molecule has 2 aliphatic heterocycles. The van der Waals surface area contributed by atoms with E-state index in [4.69, 9.17) is 16.3 Å². The zero-order chi connectivity index (χ0) is 17.4. The topological polar surface area (TPSA) is 58.6 Å². The molecule has 24 heavy (non-hydrogen) atoms. The Hall–Kier alpha value is -1.56. The Kier molecular flexibility index (Phi) is 4.60. The van der Waals surface area contributed by atoms with Gasteiger partial charge in [-0.2, -0.15) is 0 Å². The Morgan fingerprint density at radius 1 is 1.21 bits per heavy atom. The van der Waals surface area contributed by atoms with Crippen LogP contribution < -0.4 is 4.90 Å². The lowest BCUT2D eigenvalue weighted by atomic mass is 9.86. The monoisotopic (exact) mass is 352 g/mol. The maximum Gasteiger partial charge on any atom is 0.410 e. The maximum absolute atomic E-state index is 12.5. The predicted octanol–water partition coefficient (Wildman–Crippen LogP) is 3.50. The first-order chi connectivity index (χ1) is 11.3. The van der Waals surface area contributed by atoms with Crippen LogP contribution in [0.4, 0.5) is 10.6 Å². The second-order valence-corrected chi connectivity index (χ2v) is 8.09. The molecule has 3 rings (SSSR count). The fourth-order valence-corrected chi connectivity index (χ4v) is 3.87. The Bertz CT molecular complexity index is 602. The van der Waals surface area contributed by atoms with Gasteiger partial charge >= 0.3 is 6.09 Å². The number of amides is 1. The van der Waals surface area contributed by atoms with Crippen LogP contribution in [0.3, 0.4) is 0 Å². The number of rotatable bonds is 1. The molecular weight excluding hydrogens is 328 g/mol. The summed E-state index contributed by atoms with van der Waals surface area (Å²) < 4.78 is 5.56. The molecule has 1 amide bonds. The first kappa shape index (κ1) is 17.3. The van der Waals surface area contributed by atoms with Gasteiger partial charge in [0.25, 0.3) is 0 Å². The van der Waals surface area contributed by atoms with Crippen LogP contribution in [0.5, 0.6) is 0 Å². The minimum Gasteiger partial charge on any atom is -0.444 e. The van der Waals surface area contributed by atoms with Crippen LogP contribution in [0.1, 0.15) is 46.5 Å². The first-order valence-corrected chi connectivity index (χ1v) is 8.92. The first-order valence-electron chi connectivity index (χ1n) is 8.54. The largest absolute Gasteiger partial charge is 0.444 e. The number of aromatic nitrogens is 2. The number of hydrogen-bond donors (Lipinski definition) is 0. The van der Waals surface area contributed by atoms with E-state index in [2.05, 4.69) is 15.1 Å². The molecule has 1 atom stereocenters. The number of halogens is 1. The molecule has 2 saturated heterocycles. The van der Waals surface area contributed by atoms with Gasteiger partial charge in [-0.05, 0) is 58.6 Å².